The molecule has 1 atom stereocenters. The summed E-state index contributed by atoms with van der Waals surface area (Å²) in [5.74, 6) is 0. The fraction of sp³-hybridized carbons (Fsp3) is 0.500. The van der Waals surface area contributed by atoms with Crippen LogP contribution in [0.2, 0.25) is 0 Å². The van der Waals surface area contributed by atoms with Crippen LogP contribution in [0.15, 0.2) is 24.3 Å². The predicted octanol–water partition coefficient (Wildman–Crippen LogP) is 2.91. The maximum atomic E-state index is 9.86. The molecule has 0 fully saturated rings. The van der Waals surface area contributed by atoms with E-state index in [9.17, 15) is 5.11 Å². The highest BCUT2D eigenvalue weighted by Crippen LogP contribution is 2.34. The Morgan fingerprint density at radius 1 is 1.37 bits per heavy atom. The van der Waals surface area contributed by atoms with Gasteiger partial charge in [0.25, 0.3) is 0 Å². The smallest absolute Gasteiger partial charge is 0.0715 e. The van der Waals surface area contributed by atoms with Crippen molar-refractivity contribution in [2.75, 3.05) is 6.54 Å². The highest BCUT2D eigenvalue weighted by atomic mass is 16.3. The van der Waals surface area contributed by atoms with Crippen molar-refractivity contribution in [1.82, 2.24) is 10.3 Å². The molecule has 1 unspecified atom stereocenters. The number of fused-ring (bicyclic) bond motifs is 3. The molecule has 0 saturated carbocycles. The first-order valence-corrected chi connectivity index (χ1v) is 7.10. The maximum Gasteiger partial charge on any atom is 0.0715 e. The third-order valence-corrected chi connectivity index (χ3v) is 3.90. The number of hydrogen-bond acceptors (Lipinski definition) is 2. The van der Waals surface area contributed by atoms with Crippen LogP contribution in [0.4, 0.5) is 0 Å². The summed E-state index contributed by atoms with van der Waals surface area (Å²) < 4.78 is 0. The molecule has 3 N–H and O–H groups in total. The van der Waals surface area contributed by atoms with Crippen molar-refractivity contribution >= 4 is 10.9 Å². The number of aryl methyl sites for hydroxylation is 1. The van der Waals surface area contributed by atoms with Gasteiger partial charge in [0.15, 0.2) is 0 Å². The highest BCUT2D eigenvalue weighted by molar-refractivity contribution is 5.85. The summed E-state index contributed by atoms with van der Waals surface area (Å²) in [7, 11) is 0. The van der Waals surface area contributed by atoms with Gasteiger partial charge in [0.1, 0.15) is 0 Å². The molecule has 1 aliphatic rings. The second-order valence-corrected chi connectivity index (χ2v) is 6.20. The van der Waals surface area contributed by atoms with Crippen molar-refractivity contribution in [2.45, 2.75) is 44.8 Å². The lowest BCUT2D eigenvalue weighted by atomic mass is 9.91. The van der Waals surface area contributed by atoms with Crippen LogP contribution in [0, 0.1) is 0 Å². The Bertz CT molecular complexity index is 580. The number of nitrogens with one attached hydrogen (secondary N) is 2. The van der Waals surface area contributed by atoms with E-state index in [1.165, 1.54) is 28.6 Å². The Balaban J connectivity index is 1.91. The van der Waals surface area contributed by atoms with Gasteiger partial charge < -0.3 is 15.4 Å². The molecule has 1 aliphatic carbocycles. The second-order valence-electron chi connectivity index (χ2n) is 6.20. The van der Waals surface area contributed by atoms with Gasteiger partial charge in [-0.25, -0.2) is 0 Å². The normalized spacial score (nSPS) is 19.6. The Morgan fingerprint density at radius 2 is 2.16 bits per heavy atom. The van der Waals surface area contributed by atoms with Gasteiger partial charge in [-0.05, 0) is 44.7 Å². The fourth-order valence-electron chi connectivity index (χ4n) is 2.99. The van der Waals surface area contributed by atoms with Gasteiger partial charge >= 0.3 is 0 Å². The number of aromatic nitrogens is 1. The Labute approximate surface area is 114 Å². The molecule has 3 heteroatoms. The summed E-state index contributed by atoms with van der Waals surface area (Å²) >= 11 is 0. The average molecular weight is 258 g/mol. The number of hydrogen-bond donors (Lipinski definition) is 3. The number of benzene rings is 1. The Hall–Kier alpha value is -1.32. The molecular weight excluding hydrogens is 236 g/mol. The van der Waals surface area contributed by atoms with E-state index in [1.807, 2.05) is 13.8 Å². The Morgan fingerprint density at radius 3 is 2.95 bits per heavy atom. The van der Waals surface area contributed by atoms with E-state index in [0.29, 0.717) is 12.6 Å². The van der Waals surface area contributed by atoms with Gasteiger partial charge in [0.05, 0.1) is 5.60 Å². The van der Waals surface area contributed by atoms with Crippen molar-refractivity contribution < 1.29 is 5.11 Å². The van der Waals surface area contributed by atoms with Gasteiger partial charge in [0.2, 0.25) is 0 Å². The zero-order valence-corrected chi connectivity index (χ0v) is 11.7. The molecule has 102 valence electrons. The first kappa shape index (κ1) is 12.7. The number of rotatable bonds is 3. The topological polar surface area (TPSA) is 48.0 Å². The molecule has 1 aromatic carbocycles. The number of aromatic amines is 1. The summed E-state index contributed by atoms with van der Waals surface area (Å²) in [6.07, 6.45) is 3.49. The van der Waals surface area contributed by atoms with Crippen LogP contribution in [0.3, 0.4) is 0 Å². The van der Waals surface area contributed by atoms with Crippen LogP contribution < -0.4 is 5.32 Å². The molecule has 1 aromatic heterocycles. The van der Waals surface area contributed by atoms with Crippen LogP contribution in [-0.2, 0) is 6.42 Å². The van der Waals surface area contributed by atoms with Crippen molar-refractivity contribution in [3.63, 3.8) is 0 Å². The van der Waals surface area contributed by atoms with Crippen LogP contribution in [0.25, 0.3) is 10.9 Å². The standard InChI is InChI=1S/C16H22N2O/c1-16(2,19)10-17-14-9-5-7-12-11-6-3-4-8-13(11)18-15(12)14/h3-4,6,8,14,17-19H,5,7,9-10H2,1-2H3. The van der Waals surface area contributed by atoms with Gasteiger partial charge in [-0.15, -0.1) is 0 Å². The van der Waals surface area contributed by atoms with E-state index in [0.717, 1.165) is 12.8 Å². The fourth-order valence-corrected chi connectivity index (χ4v) is 2.99. The molecule has 3 nitrogen and oxygen atoms in total. The monoisotopic (exact) mass is 258 g/mol. The number of aliphatic hydroxyl groups is 1. The molecule has 0 spiro atoms. The van der Waals surface area contributed by atoms with E-state index >= 15 is 0 Å². The van der Waals surface area contributed by atoms with Crippen molar-refractivity contribution in [3.05, 3.63) is 35.5 Å². The molecule has 0 radical (unpaired) electrons. The Kier molecular flexibility index (Phi) is 3.11. The third-order valence-electron chi connectivity index (χ3n) is 3.90. The van der Waals surface area contributed by atoms with Gasteiger partial charge in [-0.2, -0.15) is 0 Å². The maximum absolute atomic E-state index is 9.86. The van der Waals surface area contributed by atoms with Crippen LogP contribution >= 0.6 is 0 Å². The van der Waals surface area contributed by atoms with E-state index in [2.05, 4.69) is 34.6 Å². The molecule has 1 heterocycles. The minimum atomic E-state index is -0.663. The highest BCUT2D eigenvalue weighted by Gasteiger charge is 2.25. The van der Waals surface area contributed by atoms with E-state index in [-0.39, 0.29) is 0 Å². The van der Waals surface area contributed by atoms with Gasteiger partial charge in [-0.1, -0.05) is 18.2 Å². The summed E-state index contributed by atoms with van der Waals surface area (Å²) in [5.41, 5.74) is 3.33. The predicted molar refractivity (Wildman–Crippen MR) is 78.3 cm³/mol. The molecule has 19 heavy (non-hydrogen) atoms. The quantitative estimate of drug-likeness (QED) is 0.793. The van der Waals surface area contributed by atoms with Crippen molar-refractivity contribution in [3.8, 4) is 0 Å². The number of H-pyrrole nitrogens is 1. The summed E-state index contributed by atoms with van der Waals surface area (Å²) in [4.78, 5) is 3.56. The first-order valence-electron chi connectivity index (χ1n) is 7.10. The van der Waals surface area contributed by atoms with Crippen molar-refractivity contribution in [1.29, 1.82) is 0 Å². The molecule has 2 aromatic rings. The SMILES string of the molecule is CC(C)(O)CNC1CCCc2c1[nH]c1ccccc21. The summed E-state index contributed by atoms with van der Waals surface area (Å²) in [6.45, 7) is 4.30. The minimum Gasteiger partial charge on any atom is -0.389 e. The molecular formula is C16H22N2O. The molecule has 0 aliphatic heterocycles. The lowest BCUT2D eigenvalue weighted by Crippen LogP contribution is -2.38. The van der Waals surface area contributed by atoms with E-state index in [4.69, 9.17) is 0 Å². The molecule has 0 bridgehead atoms. The van der Waals surface area contributed by atoms with Crippen LogP contribution in [0.1, 0.15) is 44.0 Å². The third kappa shape index (κ3) is 2.53. The minimum absolute atomic E-state index is 0.336. The molecule has 0 saturated heterocycles. The van der Waals surface area contributed by atoms with E-state index in [1.54, 1.807) is 0 Å². The zero-order chi connectivity index (χ0) is 13.5. The van der Waals surface area contributed by atoms with Gasteiger partial charge in [-0.3, -0.25) is 0 Å². The van der Waals surface area contributed by atoms with Crippen LogP contribution in [0.5, 0.6) is 0 Å². The van der Waals surface area contributed by atoms with Crippen molar-refractivity contribution in [2.24, 2.45) is 0 Å². The van der Waals surface area contributed by atoms with E-state index < -0.39 is 5.60 Å². The number of para-hydroxylation sites is 1. The van der Waals surface area contributed by atoms with Gasteiger partial charge in [0, 0.05) is 29.2 Å². The lowest BCUT2D eigenvalue weighted by molar-refractivity contribution is 0.0754. The lowest BCUT2D eigenvalue weighted by Gasteiger charge is -2.27. The molecule has 0 amide bonds. The van der Waals surface area contributed by atoms with Crippen LogP contribution in [-0.4, -0.2) is 22.2 Å². The average Bonchev–Trinajstić information content (AvgIpc) is 2.74. The molecule has 3 rings (SSSR count). The second kappa shape index (κ2) is 4.66. The zero-order valence-electron chi connectivity index (χ0n) is 11.7. The first-order chi connectivity index (χ1) is 9.04. The summed E-state index contributed by atoms with van der Waals surface area (Å²) in [6, 6.07) is 8.85. The largest absolute Gasteiger partial charge is 0.389 e. The summed E-state index contributed by atoms with van der Waals surface area (Å²) in [5, 5.41) is 14.7.